The van der Waals surface area contributed by atoms with Crippen molar-refractivity contribution in [3.8, 4) is 5.75 Å². The van der Waals surface area contributed by atoms with Crippen molar-refractivity contribution in [1.29, 1.82) is 0 Å². The Balaban J connectivity index is 3.13. The topological polar surface area (TPSA) is 92.7 Å². The summed E-state index contributed by atoms with van der Waals surface area (Å²) in [5.41, 5.74) is 0. The van der Waals surface area contributed by atoms with Crippen molar-refractivity contribution in [3.63, 3.8) is 0 Å². The van der Waals surface area contributed by atoms with Crippen LogP contribution in [0.1, 0.15) is 20.3 Å². The summed E-state index contributed by atoms with van der Waals surface area (Å²) < 4.78 is 32.2. The van der Waals surface area contributed by atoms with Crippen LogP contribution in [0.2, 0.25) is 5.02 Å². The number of hydrogen-bond acceptors (Lipinski definition) is 4. The van der Waals surface area contributed by atoms with Crippen molar-refractivity contribution in [2.75, 3.05) is 7.11 Å². The molecule has 6 nitrogen and oxygen atoms in total. The van der Waals surface area contributed by atoms with Crippen LogP contribution >= 0.6 is 11.6 Å². The molecule has 0 aliphatic rings. The molecule has 1 rings (SSSR count). The zero-order valence-corrected chi connectivity index (χ0v) is 13.5. The average Bonchev–Trinajstić information content (AvgIpc) is 2.36. The lowest BCUT2D eigenvalue weighted by Gasteiger charge is -2.21. The maximum absolute atomic E-state index is 12.4. The maximum Gasteiger partial charge on any atom is 0.304 e. The van der Waals surface area contributed by atoms with Gasteiger partial charge in [-0.15, -0.1) is 0 Å². The number of methoxy groups -OCH3 is 1. The first kappa shape index (κ1) is 17.7. The van der Waals surface area contributed by atoms with E-state index in [0.29, 0.717) is 5.02 Å². The van der Waals surface area contributed by atoms with Crippen molar-refractivity contribution in [1.82, 2.24) is 4.72 Å². The van der Waals surface area contributed by atoms with Gasteiger partial charge >= 0.3 is 5.97 Å². The van der Waals surface area contributed by atoms with E-state index in [0.717, 1.165) is 0 Å². The molecular weight excluding hydrogens is 318 g/mol. The molecule has 1 aromatic carbocycles. The standard InChI is InChI=1S/C13H18ClNO5S/c1-8(2)10(7-13(16)17)15-21(18,19)12-5-4-9(14)6-11(12)20-3/h4-6,8,10,15H,7H2,1-3H3,(H,16,17). The second kappa shape index (κ2) is 7.11. The maximum atomic E-state index is 12.4. The summed E-state index contributed by atoms with van der Waals surface area (Å²) in [6.45, 7) is 3.49. The van der Waals surface area contributed by atoms with Gasteiger partial charge in [0.25, 0.3) is 0 Å². The number of halogens is 1. The highest BCUT2D eigenvalue weighted by Crippen LogP contribution is 2.27. The van der Waals surface area contributed by atoms with Crippen LogP contribution in [-0.4, -0.2) is 32.6 Å². The number of carboxylic acid groups (broad SMARTS) is 1. The molecule has 0 aromatic heterocycles. The Morgan fingerprint density at radius 3 is 2.52 bits per heavy atom. The normalized spacial score (nSPS) is 13.2. The van der Waals surface area contributed by atoms with E-state index >= 15 is 0 Å². The molecular formula is C13H18ClNO5S. The van der Waals surface area contributed by atoms with Gasteiger partial charge in [-0.05, 0) is 18.1 Å². The Morgan fingerprint density at radius 1 is 1.43 bits per heavy atom. The molecule has 1 atom stereocenters. The zero-order valence-electron chi connectivity index (χ0n) is 12.0. The highest BCUT2D eigenvalue weighted by molar-refractivity contribution is 7.89. The third-order valence-electron chi connectivity index (χ3n) is 2.92. The van der Waals surface area contributed by atoms with E-state index in [-0.39, 0.29) is 23.0 Å². The van der Waals surface area contributed by atoms with Crippen molar-refractivity contribution >= 4 is 27.6 Å². The number of hydrogen-bond donors (Lipinski definition) is 2. The van der Waals surface area contributed by atoms with E-state index in [2.05, 4.69) is 4.72 Å². The lowest BCUT2D eigenvalue weighted by molar-refractivity contribution is -0.137. The zero-order chi connectivity index (χ0) is 16.2. The Kier molecular flexibility index (Phi) is 6.00. The van der Waals surface area contributed by atoms with Crippen LogP contribution in [0.5, 0.6) is 5.75 Å². The Morgan fingerprint density at radius 2 is 2.05 bits per heavy atom. The summed E-state index contributed by atoms with van der Waals surface area (Å²) in [7, 11) is -2.57. The Hall–Kier alpha value is -1.31. The van der Waals surface area contributed by atoms with Crippen LogP contribution in [0.15, 0.2) is 23.1 Å². The van der Waals surface area contributed by atoms with E-state index in [9.17, 15) is 13.2 Å². The highest BCUT2D eigenvalue weighted by Gasteiger charge is 2.26. The predicted octanol–water partition coefficient (Wildman–Crippen LogP) is 2.13. The minimum Gasteiger partial charge on any atom is -0.495 e. The molecule has 21 heavy (non-hydrogen) atoms. The van der Waals surface area contributed by atoms with Crippen LogP contribution in [0.25, 0.3) is 0 Å². The quantitative estimate of drug-likeness (QED) is 0.796. The lowest BCUT2D eigenvalue weighted by atomic mass is 10.0. The van der Waals surface area contributed by atoms with Gasteiger partial charge in [-0.2, -0.15) is 0 Å². The molecule has 1 aromatic rings. The van der Waals surface area contributed by atoms with E-state index < -0.39 is 22.0 Å². The fourth-order valence-electron chi connectivity index (χ4n) is 1.73. The predicted molar refractivity (Wildman–Crippen MR) is 79.2 cm³/mol. The van der Waals surface area contributed by atoms with Crippen molar-refractivity contribution in [2.45, 2.75) is 31.2 Å². The van der Waals surface area contributed by atoms with Gasteiger partial charge in [0.2, 0.25) is 10.0 Å². The summed E-state index contributed by atoms with van der Waals surface area (Å²) in [5, 5.41) is 9.20. The summed E-state index contributed by atoms with van der Waals surface area (Å²) in [4.78, 5) is 10.7. The summed E-state index contributed by atoms with van der Waals surface area (Å²) in [6, 6.07) is 3.42. The number of sulfonamides is 1. The number of benzene rings is 1. The van der Waals surface area contributed by atoms with E-state index in [4.69, 9.17) is 21.4 Å². The van der Waals surface area contributed by atoms with Crippen LogP contribution in [-0.2, 0) is 14.8 Å². The number of carboxylic acids is 1. The van der Waals surface area contributed by atoms with Gasteiger partial charge in [-0.25, -0.2) is 13.1 Å². The summed E-state index contributed by atoms with van der Waals surface area (Å²) >= 11 is 5.80. The molecule has 0 bridgehead atoms. The summed E-state index contributed by atoms with van der Waals surface area (Å²) in [6.07, 6.45) is -0.299. The lowest BCUT2D eigenvalue weighted by Crippen LogP contribution is -2.40. The van der Waals surface area contributed by atoms with Crippen LogP contribution in [0, 0.1) is 5.92 Å². The first-order valence-electron chi connectivity index (χ1n) is 6.25. The molecule has 2 N–H and O–H groups in total. The molecule has 0 aliphatic heterocycles. The average molecular weight is 336 g/mol. The number of ether oxygens (including phenoxy) is 1. The third-order valence-corrected chi connectivity index (χ3v) is 4.69. The molecule has 0 radical (unpaired) electrons. The van der Waals surface area contributed by atoms with Gasteiger partial charge < -0.3 is 9.84 Å². The second-order valence-corrected chi connectivity index (χ2v) is 6.98. The minimum atomic E-state index is -3.91. The van der Waals surface area contributed by atoms with E-state index in [1.54, 1.807) is 13.8 Å². The smallest absolute Gasteiger partial charge is 0.304 e. The Labute approximate surface area is 129 Å². The molecule has 0 saturated heterocycles. The molecule has 0 heterocycles. The van der Waals surface area contributed by atoms with Gasteiger partial charge in [0.1, 0.15) is 10.6 Å². The van der Waals surface area contributed by atoms with Gasteiger partial charge in [0.15, 0.2) is 0 Å². The van der Waals surface area contributed by atoms with Crippen molar-refractivity contribution < 1.29 is 23.1 Å². The number of carbonyl (C=O) groups is 1. The number of rotatable bonds is 7. The van der Waals surface area contributed by atoms with Crippen LogP contribution < -0.4 is 9.46 Å². The van der Waals surface area contributed by atoms with Gasteiger partial charge in [-0.3, -0.25) is 4.79 Å². The molecule has 0 spiro atoms. The first-order chi connectivity index (χ1) is 9.67. The fourth-order valence-corrected chi connectivity index (χ4v) is 3.43. The molecule has 0 aliphatic carbocycles. The molecule has 1 unspecified atom stereocenters. The van der Waals surface area contributed by atoms with Gasteiger partial charge in [-0.1, -0.05) is 25.4 Å². The van der Waals surface area contributed by atoms with Gasteiger partial charge in [0, 0.05) is 17.1 Å². The van der Waals surface area contributed by atoms with E-state index in [1.807, 2.05) is 0 Å². The van der Waals surface area contributed by atoms with Crippen LogP contribution in [0.3, 0.4) is 0 Å². The summed E-state index contributed by atoms with van der Waals surface area (Å²) in [5.74, 6) is -1.14. The van der Waals surface area contributed by atoms with Gasteiger partial charge in [0.05, 0.1) is 13.5 Å². The van der Waals surface area contributed by atoms with Crippen molar-refractivity contribution in [2.24, 2.45) is 5.92 Å². The molecule has 8 heteroatoms. The Bertz CT molecular complexity index is 615. The third kappa shape index (κ3) is 4.87. The monoisotopic (exact) mass is 335 g/mol. The molecule has 0 amide bonds. The second-order valence-electron chi connectivity index (χ2n) is 4.86. The van der Waals surface area contributed by atoms with Crippen LogP contribution in [0.4, 0.5) is 0 Å². The molecule has 118 valence electrons. The van der Waals surface area contributed by atoms with Crippen molar-refractivity contribution in [3.05, 3.63) is 23.2 Å². The largest absolute Gasteiger partial charge is 0.495 e. The highest BCUT2D eigenvalue weighted by atomic mass is 35.5. The van der Waals surface area contributed by atoms with E-state index in [1.165, 1.54) is 25.3 Å². The fraction of sp³-hybridized carbons (Fsp3) is 0.462. The molecule has 0 fully saturated rings. The first-order valence-corrected chi connectivity index (χ1v) is 8.11. The SMILES string of the molecule is COc1cc(Cl)ccc1S(=O)(=O)NC(CC(=O)O)C(C)C. The molecule has 0 saturated carbocycles. The number of aliphatic carboxylic acids is 1. The minimum absolute atomic E-state index is 0.0783. The number of nitrogens with one attached hydrogen (secondary N) is 1.